The van der Waals surface area contributed by atoms with Crippen molar-refractivity contribution < 1.29 is 13.9 Å². The van der Waals surface area contributed by atoms with Crippen LogP contribution >= 0.6 is 0 Å². The number of carbonyl (C=O) groups excluding carboxylic acids is 1. The van der Waals surface area contributed by atoms with E-state index in [0.29, 0.717) is 23.4 Å². The van der Waals surface area contributed by atoms with Gasteiger partial charge in [0.25, 0.3) is 0 Å². The van der Waals surface area contributed by atoms with Crippen molar-refractivity contribution in [2.75, 3.05) is 6.61 Å². The molecule has 0 saturated heterocycles. The number of ether oxygens (including phenoxy) is 1. The second kappa shape index (κ2) is 6.44. The molecule has 3 aromatic rings. The quantitative estimate of drug-likeness (QED) is 0.672. The van der Waals surface area contributed by atoms with Crippen molar-refractivity contribution in [1.82, 2.24) is 9.78 Å². The molecular weight excluding hydrogens is 295 g/mol. The zero-order valence-corrected chi connectivity index (χ0v) is 12.6. The summed E-state index contributed by atoms with van der Waals surface area (Å²) in [5.41, 5.74) is 2.19. The Kier molecular flexibility index (Phi) is 4.19. The van der Waals surface area contributed by atoms with Crippen molar-refractivity contribution in [2.45, 2.75) is 6.92 Å². The van der Waals surface area contributed by atoms with Gasteiger partial charge in [-0.05, 0) is 37.3 Å². The molecule has 0 aliphatic heterocycles. The van der Waals surface area contributed by atoms with Gasteiger partial charge in [0.15, 0.2) is 17.9 Å². The van der Waals surface area contributed by atoms with Crippen LogP contribution in [0.4, 0.5) is 4.39 Å². The number of hydrogen-bond acceptors (Lipinski definition) is 3. The number of nitrogens with zero attached hydrogens (tertiary/aromatic N) is 2. The van der Waals surface area contributed by atoms with Crippen LogP contribution in [-0.2, 0) is 0 Å². The van der Waals surface area contributed by atoms with Gasteiger partial charge in [0, 0.05) is 11.8 Å². The number of hydrogen-bond donors (Lipinski definition) is 0. The molecule has 0 atom stereocenters. The van der Waals surface area contributed by atoms with Gasteiger partial charge in [0.1, 0.15) is 5.69 Å². The maximum atomic E-state index is 14.0. The first-order valence-electron chi connectivity index (χ1n) is 7.26. The summed E-state index contributed by atoms with van der Waals surface area (Å²) in [5.74, 6) is -0.290. The summed E-state index contributed by atoms with van der Waals surface area (Å²) in [4.78, 5) is 11.3. The minimum Gasteiger partial charge on any atom is -0.491 e. The Balaban J connectivity index is 2.04. The van der Waals surface area contributed by atoms with Crippen LogP contribution in [0.25, 0.3) is 16.9 Å². The zero-order valence-electron chi connectivity index (χ0n) is 12.6. The zero-order chi connectivity index (χ0) is 16.2. The lowest BCUT2D eigenvalue weighted by Crippen LogP contribution is -1.96. The monoisotopic (exact) mass is 310 g/mol. The highest BCUT2D eigenvalue weighted by Crippen LogP contribution is 2.27. The molecule has 23 heavy (non-hydrogen) atoms. The SMILES string of the molecule is CCOc1ccc(-c2nn(-c3ccccc3)cc2C=O)cc1F. The maximum absolute atomic E-state index is 14.0. The second-order valence-corrected chi connectivity index (χ2v) is 4.91. The molecule has 2 aromatic carbocycles. The van der Waals surface area contributed by atoms with Gasteiger partial charge in [-0.1, -0.05) is 18.2 Å². The van der Waals surface area contributed by atoms with E-state index in [1.165, 1.54) is 6.07 Å². The van der Waals surface area contributed by atoms with Crippen molar-refractivity contribution in [2.24, 2.45) is 0 Å². The van der Waals surface area contributed by atoms with Gasteiger partial charge in [-0.2, -0.15) is 5.10 Å². The van der Waals surface area contributed by atoms with Gasteiger partial charge < -0.3 is 4.74 Å². The largest absolute Gasteiger partial charge is 0.491 e. The lowest BCUT2D eigenvalue weighted by molar-refractivity contribution is 0.112. The number of carbonyl (C=O) groups is 1. The molecule has 0 fully saturated rings. The average Bonchev–Trinajstić information content (AvgIpc) is 3.02. The molecule has 3 rings (SSSR count). The predicted octanol–water partition coefficient (Wildman–Crippen LogP) is 3.89. The maximum Gasteiger partial charge on any atom is 0.165 e. The smallest absolute Gasteiger partial charge is 0.165 e. The van der Waals surface area contributed by atoms with Gasteiger partial charge in [0.2, 0.25) is 0 Å². The molecular formula is C18H15FN2O2. The highest BCUT2D eigenvalue weighted by atomic mass is 19.1. The number of para-hydroxylation sites is 1. The Morgan fingerprint density at radius 3 is 2.65 bits per heavy atom. The first-order chi connectivity index (χ1) is 11.2. The fourth-order valence-electron chi connectivity index (χ4n) is 2.33. The number of benzene rings is 2. The first kappa shape index (κ1) is 15.0. The summed E-state index contributed by atoms with van der Waals surface area (Å²) in [7, 11) is 0. The van der Waals surface area contributed by atoms with E-state index >= 15 is 0 Å². The van der Waals surface area contributed by atoms with Crippen molar-refractivity contribution in [3.05, 3.63) is 66.1 Å². The van der Waals surface area contributed by atoms with Crippen molar-refractivity contribution in [3.8, 4) is 22.7 Å². The van der Waals surface area contributed by atoms with Crippen LogP contribution in [0.3, 0.4) is 0 Å². The molecule has 0 N–H and O–H groups in total. The fourth-order valence-corrected chi connectivity index (χ4v) is 2.33. The van der Waals surface area contributed by atoms with Crippen LogP contribution in [0.15, 0.2) is 54.7 Å². The molecule has 5 heteroatoms. The van der Waals surface area contributed by atoms with E-state index < -0.39 is 5.82 Å². The predicted molar refractivity (Wildman–Crippen MR) is 85.5 cm³/mol. The lowest BCUT2D eigenvalue weighted by Gasteiger charge is -2.06. The van der Waals surface area contributed by atoms with Crippen molar-refractivity contribution >= 4 is 6.29 Å². The van der Waals surface area contributed by atoms with E-state index in [1.807, 2.05) is 30.3 Å². The second-order valence-electron chi connectivity index (χ2n) is 4.91. The summed E-state index contributed by atoms with van der Waals surface area (Å²) in [6, 6.07) is 14.0. The molecule has 0 unspecified atom stereocenters. The summed E-state index contributed by atoms with van der Waals surface area (Å²) >= 11 is 0. The van der Waals surface area contributed by atoms with Crippen LogP contribution in [0.5, 0.6) is 5.75 Å². The van der Waals surface area contributed by atoms with Crippen LogP contribution in [0.1, 0.15) is 17.3 Å². The van der Waals surface area contributed by atoms with Gasteiger partial charge >= 0.3 is 0 Å². The number of halogens is 1. The first-order valence-corrected chi connectivity index (χ1v) is 7.26. The van der Waals surface area contributed by atoms with Crippen LogP contribution < -0.4 is 4.74 Å². The standard InChI is InChI=1S/C18H15FN2O2/c1-2-23-17-9-8-13(10-16(17)19)18-14(12-22)11-21(20-18)15-6-4-3-5-7-15/h3-12H,2H2,1H3. The molecule has 0 aliphatic rings. The third-order valence-corrected chi connectivity index (χ3v) is 3.40. The Labute approximate surface area is 133 Å². The summed E-state index contributed by atoms with van der Waals surface area (Å²) in [6.07, 6.45) is 2.35. The number of rotatable bonds is 5. The number of aldehydes is 1. The van der Waals surface area contributed by atoms with E-state index in [2.05, 4.69) is 5.10 Å². The van der Waals surface area contributed by atoms with E-state index in [0.717, 1.165) is 12.0 Å². The van der Waals surface area contributed by atoms with Gasteiger partial charge in [-0.3, -0.25) is 4.79 Å². The minimum atomic E-state index is -0.476. The molecule has 0 amide bonds. The Morgan fingerprint density at radius 1 is 1.22 bits per heavy atom. The third-order valence-electron chi connectivity index (χ3n) is 3.40. The summed E-state index contributed by atoms with van der Waals surface area (Å²) < 4.78 is 20.8. The normalized spacial score (nSPS) is 10.5. The van der Waals surface area contributed by atoms with Crippen LogP contribution in [0.2, 0.25) is 0 Å². The highest BCUT2D eigenvalue weighted by Gasteiger charge is 2.14. The molecule has 0 saturated carbocycles. The van der Waals surface area contributed by atoms with E-state index in [4.69, 9.17) is 4.74 Å². The fraction of sp³-hybridized carbons (Fsp3) is 0.111. The number of aromatic nitrogens is 2. The van der Waals surface area contributed by atoms with Gasteiger partial charge in [-0.15, -0.1) is 0 Å². The Morgan fingerprint density at radius 2 is 2.00 bits per heavy atom. The molecule has 0 radical (unpaired) electrons. The Hall–Kier alpha value is -2.95. The highest BCUT2D eigenvalue weighted by molar-refractivity contribution is 5.85. The van der Waals surface area contributed by atoms with Crippen LogP contribution in [-0.4, -0.2) is 22.7 Å². The van der Waals surface area contributed by atoms with E-state index in [-0.39, 0.29) is 5.75 Å². The summed E-state index contributed by atoms with van der Waals surface area (Å²) in [6.45, 7) is 2.18. The molecule has 0 aliphatic carbocycles. The molecule has 1 aromatic heterocycles. The van der Waals surface area contributed by atoms with Gasteiger partial charge in [0.05, 0.1) is 17.9 Å². The van der Waals surface area contributed by atoms with Gasteiger partial charge in [-0.25, -0.2) is 9.07 Å². The lowest BCUT2D eigenvalue weighted by atomic mass is 10.1. The molecule has 116 valence electrons. The minimum absolute atomic E-state index is 0.186. The van der Waals surface area contributed by atoms with Crippen molar-refractivity contribution in [3.63, 3.8) is 0 Å². The van der Waals surface area contributed by atoms with E-state index in [9.17, 15) is 9.18 Å². The van der Waals surface area contributed by atoms with Crippen molar-refractivity contribution in [1.29, 1.82) is 0 Å². The average molecular weight is 310 g/mol. The summed E-state index contributed by atoms with van der Waals surface area (Å²) in [5, 5.41) is 4.42. The molecule has 0 bridgehead atoms. The molecule has 0 spiro atoms. The molecule has 4 nitrogen and oxygen atoms in total. The van der Waals surface area contributed by atoms with E-state index in [1.54, 1.807) is 29.9 Å². The topological polar surface area (TPSA) is 44.1 Å². The third kappa shape index (κ3) is 2.99. The van der Waals surface area contributed by atoms with Crippen LogP contribution in [0, 0.1) is 5.82 Å². The molecule has 1 heterocycles. The Bertz CT molecular complexity index is 828.